The largest absolute Gasteiger partial charge is 0.363 e. The second-order valence-electron chi connectivity index (χ2n) is 4.27. The van der Waals surface area contributed by atoms with Crippen molar-refractivity contribution in [2.24, 2.45) is 5.73 Å². The summed E-state index contributed by atoms with van der Waals surface area (Å²) in [7, 11) is -1.36. The van der Waals surface area contributed by atoms with Crippen LogP contribution in [0.5, 0.6) is 0 Å². The highest BCUT2D eigenvalue weighted by Gasteiger charge is 2.27. The van der Waals surface area contributed by atoms with E-state index in [-0.39, 0.29) is 0 Å². The summed E-state index contributed by atoms with van der Waals surface area (Å²) in [5.41, 5.74) is 6.19. The minimum absolute atomic E-state index is 0.308. The van der Waals surface area contributed by atoms with E-state index >= 15 is 0 Å². The van der Waals surface area contributed by atoms with Gasteiger partial charge in [0.2, 0.25) is 10.0 Å². The van der Waals surface area contributed by atoms with Gasteiger partial charge in [-0.2, -0.15) is 4.31 Å². The van der Waals surface area contributed by atoms with Gasteiger partial charge in [-0.05, 0) is 13.1 Å². The van der Waals surface area contributed by atoms with Crippen molar-refractivity contribution in [3.05, 3.63) is 18.0 Å². The lowest BCUT2D eigenvalue weighted by atomic mass is 10.4. The number of rotatable bonds is 3. The highest BCUT2D eigenvalue weighted by molar-refractivity contribution is 7.89. The molecule has 2 rings (SSSR count). The van der Waals surface area contributed by atoms with Crippen molar-refractivity contribution in [1.82, 2.24) is 14.2 Å². The number of nitrogens with two attached hydrogens (primary N) is 1. The van der Waals surface area contributed by atoms with E-state index in [1.165, 1.54) is 10.5 Å². The molecular weight excluding hydrogens is 240 g/mol. The van der Waals surface area contributed by atoms with Gasteiger partial charge in [0, 0.05) is 44.6 Å². The van der Waals surface area contributed by atoms with Gasteiger partial charge in [-0.15, -0.1) is 0 Å². The molecule has 2 heterocycles. The fourth-order valence-corrected chi connectivity index (χ4v) is 3.30. The Morgan fingerprint density at radius 3 is 2.53 bits per heavy atom. The van der Waals surface area contributed by atoms with Crippen molar-refractivity contribution < 1.29 is 8.42 Å². The molecule has 7 heteroatoms. The van der Waals surface area contributed by atoms with E-state index < -0.39 is 10.0 Å². The minimum atomic E-state index is -3.35. The molecule has 3 N–H and O–H groups in total. The fraction of sp³-hybridized carbons (Fsp3) is 0.600. The molecular formula is C10H18N4O2S. The SMILES string of the molecule is CN1CCN(S(=O)(=O)c2c[nH]c(CN)c2)CC1. The van der Waals surface area contributed by atoms with Crippen LogP contribution in [0, 0.1) is 0 Å². The van der Waals surface area contributed by atoms with E-state index in [2.05, 4.69) is 9.88 Å². The predicted molar refractivity (Wildman–Crippen MR) is 64.9 cm³/mol. The molecule has 17 heavy (non-hydrogen) atoms. The van der Waals surface area contributed by atoms with E-state index in [9.17, 15) is 8.42 Å². The summed E-state index contributed by atoms with van der Waals surface area (Å²) in [6, 6.07) is 1.60. The number of H-pyrrole nitrogens is 1. The molecule has 6 nitrogen and oxygen atoms in total. The average Bonchev–Trinajstić information content (AvgIpc) is 2.78. The lowest BCUT2D eigenvalue weighted by molar-refractivity contribution is 0.222. The lowest BCUT2D eigenvalue weighted by Gasteiger charge is -2.31. The molecule has 0 atom stereocenters. The molecule has 0 radical (unpaired) electrons. The van der Waals surface area contributed by atoms with Crippen LogP contribution in [0.25, 0.3) is 0 Å². The molecule has 0 unspecified atom stereocenters. The number of nitrogens with one attached hydrogen (secondary N) is 1. The molecule has 1 fully saturated rings. The zero-order chi connectivity index (χ0) is 12.5. The molecule has 96 valence electrons. The zero-order valence-electron chi connectivity index (χ0n) is 9.89. The molecule has 1 aliphatic rings. The second-order valence-corrected chi connectivity index (χ2v) is 6.21. The number of aromatic amines is 1. The van der Waals surface area contributed by atoms with Gasteiger partial charge in [0.25, 0.3) is 0 Å². The van der Waals surface area contributed by atoms with Gasteiger partial charge in [-0.1, -0.05) is 0 Å². The Hall–Kier alpha value is -0.890. The number of aromatic nitrogens is 1. The van der Waals surface area contributed by atoms with Crippen LogP contribution in [0.1, 0.15) is 5.69 Å². The maximum absolute atomic E-state index is 12.3. The number of hydrogen-bond donors (Lipinski definition) is 2. The van der Waals surface area contributed by atoms with E-state index in [0.717, 1.165) is 18.8 Å². The van der Waals surface area contributed by atoms with Crippen LogP contribution >= 0.6 is 0 Å². The Bertz CT molecular complexity index is 474. The van der Waals surface area contributed by atoms with Crippen LogP contribution in [-0.2, 0) is 16.6 Å². The lowest BCUT2D eigenvalue weighted by Crippen LogP contribution is -2.46. The molecule has 0 saturated carbocycles. The maximum atomic E-state index is 12.3. The van der Waals surface area contributed by atoms with Gasteiger partial charge in [0.1, 0.15) is 0 Å². The Morgan fingerprint density at radius 2 is 2.00 bits per heavy atom. The van der Waals surface area contributed by atoms with Crippen molar-refractivity contribution in [1.29, 1.82) is 0 Å². The molecule has 0 spiro atoms. The third kappa shape index (κ3) is 2.52. The first-order valence-corrected chi connectivity index (χ1v) is 7.04. The molecule has 1 saturated heterocycles. The summed E-state index contributed by atoms with van der Waals surface area (Å²) in [4.78, 5) is 5.30. The topological polar surface area (TPSA) is 82.4 Å². The minimum Gasteiger partial charge on any atom is -0.363 e. The molecule has 0 amide bonds. The normalized spacial score (nSPS) is 19.6. The fourth-order valence-electron chi connectivity index (χ4n) is 1.86. The van der Waals surface area contributed by atoms with Crippen molar-refractivity contribution >= 4 is 10.0 Å². The standard InChI is InChI=1S/C10H18N4O2S/c1-13-2-4-14(5-3-13)17(15,16)10-6-9(7-11)12-8-10/h6,8,12H,2-5,7,11H2,1H3. The van der Waals surface area contributed by atoms with Gasteiger partial charge < -0.3 is 15.6 Å². The van der Waals surface area contributed by atoms with E-state index in [1.807, 2.05) is 7.05 Å². The quantitative estimate of drug-likeness (QED) is 0.759. The Balaban J connectivity index is 2.18. The number of nitrogens with zero attached hydrogens (tertiary/aromatic N) is 2. The van der Waals surface area contributed by atoms with Crippen molar-refractivity contribution in [2.45, 2.75) is 11.4 Å². The molecule has 0 bridgehead atoms. The Kier molecular flexibility index (Phi) is 3.53. The maximum Gasteiger partial charge on any atom is 0.244 e. The highest BCUT2D eigenvalue weighted by Crippen LogP contribution is 2.17. The first kappa shape index (κ1) is 12.6. The van der Waals surface area contributed by atoms with Gasteiger partial charge in [-0.3, -0.25) is 0 Å². The summed E-state index contributed by atoms with van der Waals surface area (Å²) in [6.07, 6.45) is 1.51. The summed E-state index contributed by atoms with van der Waals surface area (Å²) in [5.74, 6) is 0. The Morgan fingerprint density at radius 1 is 1.35 bits per heavy atom. The second kappa shape index (κ2) is 4.77. The third-order valence-electron chi connectivity index (χ3n) is 3.04. The Labute approximate surface area is 101 Å². The monoisotopic (exact) mass is 258 g/mol. The van der Waals surface area contributed by atoms with Crippen LogP contribution in [0.4, 0.5) is 0 Å². The third-order valence-corrected chi connectivity index (χ3v) is 4.91. The van der Waals surface area contributed by atoms with Gasteiger partial charge in [-0.25, -0.2) is 8.42 Å². The summed E-state index contributed by atoms with van der Waals surface area (Å²) in [6.45, 7) is 2.95. The summed E-state index contributed by atoms with van der Waals surface area (Å²) < 4.78 is 26.1. The summed E-state index contributed by atoms with van der Waals surface area (Å²) >= 11 is 0. The number of piperazine rings is 1. The van der Waals surface area contributed by atoms with Crippen LogP contribution in [0.2, 0.25) is 0 Å². The number of hydrogen-bond acceptors (Lipinski definition) is 4. The van der Waals surface area contributed by atoms with E-state index in [0.29, 0.717) is 24.5 Å². The summed E-state index contributed by atoms with van der Waals surface area (Å²) in [5, 5.41) is 0. The molecule has 0 aliphatic carbocycles. The molecule has 0 aromatic carbocycles. The smallest absolute Gasteiger partial charge is 0.244 e. The van der Waals surface area contributed by atoms with Gasteiger partial charge in [0.05, 0.1) is 4.90 Å². The van der Waals surface area contributed by atoms with Crippen LogP contribution < -0.4 is 5.73 Å². The highest BCUT2D eigenvalue weighted by atomic mass is 32.2. The van der Waals surface area contributed by atoms with Crippen LogP contribution in [0.3, 0.4) is 0 Å². The van der Waals surface area contributed by atoms with Crippen molar-refractivity contribution in [2.75, 3.05) is 33.2 Å². The van der Waals surface area contributed by atoms with Gasteiger partial charge in [0.15, 0.2) is 0 Å². The van der Waals surface area contributed by atoms with Crippen molar-refractivity contribution in [3.63, 3.8) is 0 Å². The van der Waals surface area contributed by atoms with Crippen LogP contribution in [0.15, 0.2) is 17.2 Å². The number of likely N-dealkylation sites (N-methyl/N-ethyl adjacent to an activating group) is 1. The average molecular weight is 258 g/mol. The predicted octanol–water partition coefficient (Wildman–Crippen LogP) is -0.590. The first-order valence-electron chi connectivity index (χ1n) is 5.60. The first-order chi connectivity index (χ1) is 8.04. The van der Waals surface area contributed by atoms with Crippen molar-refractivity contribution in [3.8, 4) is 0 Å². The van der Waals surface area contributed by atoms with E-state index in [4.69, 9.17) is 5.73 Å². The molecule has 1 aromatic rings. The number of sulfonamides is 1. The van der Waals surface area contributed by atoms with Gasteiger partial charge >= 0.3 is 0 Å². The van der Waals surface area contributed by atoms with E-state index in [1.54, 1.807) is 6.07 Å². The molecule has 1 aromatic heterocycles. The zero-order valence-corrected chi connectivity index (χ0v) is 10.7. The van der Waals surface area contributed by atoms with Crippen LogP contribution in [-0.4, -0.2) is 55.8 Å². The molecule has 1 aliphatic heterocycles.